The zero-order valence-electron chi connectivity index (χ0n) is 14.1. The standard InChI is InChI=1S/C19H17ClN2O3S/c1-2-22(12-13-5-3-6-14(20)11-13)19(24)16-8-9-17(26-16)21-18(23)15-7-4-10-25-15/h3-11H,2,12H2,1H3,(H,21,23). The lowest BCUT2D eigenvalue weighted by Crippen LogP contribution is -2.29. The number of thiophene rings is 1. The average Bonchev–Trinajstić information content (AvgIpc) is 3.31. The number of furan rings is 1. The summed E-state index contributed by atoms with van der Waals surface area (Å²) in [5.41, 5.74) is 0.968. The molecule has 134 valence electrons. The predicted octanol–water partition coefficient (Wildman–Crippen LogP) is 4.91. The summed E-state index contributed by atoms with van der Waals surface area (Å²) in [4.78, 5) is 27.1. The Labute approximate surface area is 160 Å². The topological polar surface area (TPSA) is 62.6 Å². The number of rotatable bonds is 6. The van der Waals surface area contributed by atoms with Crippen molar-refractivity contribution < 1.29 is 14.0 Å². The van der Waals surface area contributed by atoms with Crippen molar-refractivity contribution in [3.05, 3.63) is 76.0 Å². The van der Waals surface area contributed by atoms with Crippen molar-refractivity contribution in [2.24, 2.45) is 0 Å². The summed E-state index contributed by atoms with van der Waals surface area (Å²) in [6.07, 6.45) is 1.44. The van der Waals surface area contributed by atoms with Gasteiger partial charge in [-0.1, -0.05) is 23.7 Å². The van der Waals surface area contributed by atoms with Crippen molar-refractivity contribution in [1.29, 1.82) is 0 Å². The molecule has 2 aromatic heterocycles. The molecule has 0 atom stereocenters. The number of anilines is 1. The van der Waals surface area contributed by atoms with E-state index in [1.165, 1.54) is 17.6 Å². The Morgan fingerprint density at radius 1 is 1.19 bits per heavy atom. The SMILES string of the molecule is CCN(Cc1cccc(Cl)c1)C(=O)c1ccc(NC(=O)c2ccco2)s1. The minimum atomic E-state index is -0.345. The van der Waals surface area contributed by atoms with Gasteiger partial charge in [0.05, 0.1) is 16.1 Å². The number of amides is 2. The zero-order chi connectivity index (χ0) is 18.5. The molecule has 0 aliphatic rings. The first kappa shape index (κ1) is 18.2. The van der Waals surface area contributed by atoms with E-state index in [-0.39, 0.29) is 17.6 Å². The predicted molar refractivity (Wildman–Crippen MR) is 103 cm³/mol. The van der Waals surface area contributed by atoms with Crippen molar-refractivity contribution in [1.82, 2.24) is 4.90 Å². The minimum Gasteiger partial charge on any atom is -0.459 e. The second kappa shape index (κ2) is 8.21. The van der Waals surface area contributed by atoms with Crippen LogP contribution in [-0.4, -0.2) is 23.3 Å². The molecular weight excluding hydrogens is 372 g/mol. The zero-order valence-corrected chi connectivity index (χ0v) is 15.6. The Bertz CT molecular complexity index is 905. The van der Waals surface area contributed by atoms with Crippen LogP contribution in [0.25, 0.3) is 0 Å². The van der Waals surface area contributed by atoms with E-state index in [0.717, 1.165) is 5.56 Å². The monoisotopic (exact) mass is 388 g/mol. The first-order valence-corrected chi connectivity index (χ1v) is 9.24. The summed E-state index contributed by atoms with van der Waals surface area (Å²) >= 11 is 7.25. The highest BCUT2D eigenvalue weighted by Gasteiger charge is 2.18. The minimum absolute atomic E-state index is 0.0871. The van der Waals surface area contributed by atoms with Crippen LogP contribution in [0.5, 0.6) is 0 Å². The number of halogens is 1. The molecule has 2 heterocycles. The Morgan fingerprint density at radius 3 is 2.73 bits per heavy atom. The molecule has 7 heteroatoms. The summed E-state index contributed by atoms with van der Waals surface area (Å²) in [7, 11) is 0. The first-order valence-electron chi connectivity index (χ1n) is 8.05. The van der Waals surface area contributed by atoms with E-state index in [1.54, 1.807) is 35.2 Å². The van der Waals surface area contributed by atoms with Crippen LogP contribution in [0, 0.1) is 0 Å². The number of hydrogen-bond donors (Lipinski definition) is 1. The van der Waals surface area contributed by atoms with Gasteiger partial charge in [0.2, 0.25) is 0 Å². The number of nitrogens with zero attached hydrogens (tertiary/aromatic N) is 1. The lowest BCUT2D eigenvalue weighted by molar-refractivity contribution is 0.0757. The van der Waals surface area contributed by atoms with Crippen LogP contribution in [0.3, 0.4) is 0 Å². The molecule has 3 rings (SSSR count). The molecule has 0 spiro atoms. The fraction of sp³-hybridized carbons (Fsp3) is 0.158. The number of nitrogens with one attached hydrogen (secondary N) is 1. The second-order valence-electron chi connectivity index (χ2n) is 5.54. The molecule has 3 aromatic rings. The van der Waals surface area contributed by atoms with Gasteiger partial charge in [0, 0.05) is 18.1 Å². The van der Waals surface area contributed by atoms with Gasteiger partial charge in [-0.15, -0.1) is 11.3 Å². The van der Waals surface area contributed by atoms with Crippen LogP contribution in [0.1, 0.15) is 32.7 Å². The van der Waals surface area contributed by atoms with E-state index in [0.29, 0.717) is 28.0 Å². The van der Waals surface area contributed by atoms with Gasteiger partial charge in [-0.2, -0.15) is 0 Å². The van der Waals surface area contributed by atoms with Gasteiger partial charge in [0.15, 0.2) is 5.76 Å². The Hall–Kier alpha value is -2.57. The summed E-state index contributed by atoms with van der Waals surface area (Å²) in [5.74, 6) is -0.208. The third kappa shape index (κ3) is 4.33. The molecule has 5 nitrogen and oxygen atoms in total. The van der Waals surface area contributed by atoms with Gasteiger partial charge in [0.1, 0.15) is 0 Å². The maximum Gasteiger partial charge on any atom is 0.291 e. The quantitative estimate of drug-likeness (QED) is 0.652. The van der Waals surface area contributed by atoms with Crippen LogP contribution in [0.2, 0.25) is 5.02 Å². The molecule has 0 saturated heterocycles. The molecule has 0 radical (unpaired) electrons. The van der Waals surface area contributed by atoms with Crippen molar-refractivity contribution >= 4 is 39.8 Å². The van der Waals surface area contributed by atoms with Crippen LogP contribution in [0.4, 0.5) is 5.00 Å². The van der Waals surface area contributed by atoms with Gasteiger partial charge in [-0.3, -0.25) is 9.59 Å². The van der Waals surface area contributed by atoms with Gasteiger partial charge < -0.3 is 14.6 Å². The fourth-order valence-corrected chi connectivity index (χ4v) is 3.52. The van der Waals surface area contributed by atoms with Crippen molar-refractivity contribution in [2.45, 2.75) is 13.5 Å². The summed E-state index contributed by atoms with van der Waals surface area (Å²) in [6, 6.07) is 14.1. The Balaban J connectivity index is 1.68. The van der Waals surface area contributed by atoms with E-state index < -0.39 is 0 Å². The highest BCUT2D eigenvalue weighted by molar-refractivity contribution is 7.18. The number of benzene rings is 1. The average molecular weight is 389 g/mol. The molecule has 1 aromatic carbocycles. The van der Waals surface area contributed by atoms with Gasteiger partial charge in [-0.05, 0) is 48.9 Å². The molecule has 0 bridgehead atoms. The lowest BCUT2D eigenvalue weighted by atomic mass is 10.2. The molecule has 0 aliphatic heterocycles. The molecule has 0 aliphatic carbocycles. The summed E-state index contributed by atoms with van der Waals surface area (Å²) < 4.78 is 5.06. The number of carbonyl (C=O) groups is 2. The van der Waals surface area contributed by atoms with E-state index in [1.807, 2.05) is 25.1 Å². The number of hydrogen-bond acceptors (Lipinski definition) is 4. The first-order chi connectivity index (χ1) is 12.6. The van der Waals surface area contributed by atoms with Crippen molar-refractivity contribution in [3.63, 3.8) is 0 Å². The van der Waals surface area contributed by atoms with Crippen LogP contribution in [0.15, 0.2) is 59.2 Å². The molecule has 0 unspecified atom stereocenters. The third-order valence-corrected chi connectivity index (χ3v) is 4.95. The highest BCUT2D eigenvalue weighted by Crippen LogP contribution is 2.25. The van der Waals surface area contributed by atoms with Gasteiger partial charge >= 0.3 is 0 Å². The largest absolute Gasteiger partial charge is 0.459 e. The molecular formula is C19H17ClN2O3S. The third-order valence-electron chi connectivity index (χ3n) is 3.73. The van der Waals surface area contributed by atoms with E-state index in [2.05, 4.69) is 5.32 Å². The Kier molecular flexibility index (Phi) is 5.75. The van der Waals surface area contributed by atoms with E-state index in [4.69, 9.17) is 16.0 Å². The molecule has 0 saturated carbocycles. The maximum absolute atomic E-state index is 12.8. The Morgan fingerprint density at radius 2 is 2.04 bits per heavy atom. The van der Waals surface area contributed by atoms with Crippen molar-refractivity contribution in [2.75, 3.05) is 11.9 Å². The van der Waals surface area contributed by atoms with Crippen molar-refractivity contribution in [3.8, 4) is 0 Å². The summed E-state index contributed by atoms with van der Waals surface area (Å²) in [6.45, 7) is 2.97. The molecule has 2 amide bonds. The molecule has 1 N–H and O–H groups in total. The number of carbonyl (C=O) groups excluding carboxylic acids is 2. The van der Waals surface area contributed by atoms with Crippen LogP contribution >= 0.6 is 22.9 Å². The fourth-order valence-electron chi connectivity index (χ4n) is 2.44. The smallest absolute Gasteiger partial charge is 0.291 e. The summed E-state index contributed by atoms with van der Waals surface area (Å²) in [5, 5.41) is 3.97. The van der Waals surface area contributed by atoms with Gasteiger partial charge in [-0.25, -0.2) is 0 Å². The van der Waals surface area contributed by atoms with Crippen LogP contribution in [-0.2, 0) is 6.54 Å². The van der Waals surface area contributed by atoms with E-state index >= 15 is 0 Å². The van der Waals surface area contributed by atoms with Gasteiger partial charge in [0.25, 0.3) is 11.8 Å². The second-order valence-corrected chi connectivity index (χ2v) is 7.06. The lowest BCUT2D eigenvalue weighted by Gasteiger charge is -2.20. The molecule has 26 heavy (non-hydrogen) atoms. The molecule has 0 fully saturated rings. The van der Waals surface area contributed by atoms with Crippen LogP contribution < -0.4 is 5.32 Å². The van der Waals surface area contributed by atoms with E-state index in [9.17, 15) is 9.59 Å². The maximum atomic E-state index is 12.8. The highest BCUT2D eigenvalue weighted by atomic mass is 35.5. The normalized spacial score (nSPS) is 10.5.